The molecule has 16 nitrogen and oxygen atoms in total. The van der Waals surface area contributed by atoms with E-state index in [1.807, 2.05) is 48.5 Å². The van der Waals surface area contributed by atoms with Gasteiger partial charge in [-0.15, -0.1) is 0 Å². The molecule has 0 saturated carbocycles. The van der Waals surface area contributed by atoms with Crippen LogP contribution in [0.2, 0.25) is 0 Å². The molecular formula is C44H52O16. The van der Waals surface area contributed by atoms with Crippen LogP contribution in [0.3, 0.4) is 0 Å². The normalized spacial score (nSPS) is 12.8. The summed E-state index contributed by atoms with van der Waals surface area (Å²) in [5.41, 5.74) is 2.31. The van der Waals surface area contributed by atoms with Gasteiger partial charge in [0, 0.05) is 19.6 Å². The molecule has 2 atom stereocenters. The molecule has 2 N–H and O–H groups in total. The van der Waals surface area contributed by atoms with Gasteiger partial charge in [0.15, 0.2) is 0 Å². The monoisotopic (exact) mass is 836 g/mol. The predicted molar refractivity (Wildman–Crippen MR) is 216 cm³/mol. The molecular weight excluding hydrogens is 784 g/mol. The minimum atomic E-state index is -0.761. The molecule has 1 aliphatic rings. The second-order valence-corrected chi connectivity index (χ2v) is 12.7. The van der Waals surface area contributed by atoms with Gasteiger partial charge in [-0.25, -0.2) is 19.2 Å². The second kappa shape index (κ2) is 26.0. The Morgan fingerprint density at radius 3 is 1.50 bits per heavy atom. The lowest BCUT2D eigenvalue weighted by molar-refractivity contribution is 0.0494. The first kappa shape index (κ1) is 48.2. The van der Waals surface area contributed by atoms with Crippen LogP contribution in [0.1, 0.15) is 65.4 Å². The maximum atomic E-state index is 11.9. The number of carbonyl (C=O) groups is 4. The first-order chi connectivity index (χ1) is 29.0. The second-order valence-electron chi connectivity index (χ2n) is 12.7. The zero-order valence-corrected chi connectivity index (χ0v) is 34.5. The zero-order valence-electron chi connectivity index (χ0n) is 34.5. The Balaban J connectivity index is 0.000000267. The Labute approximate surface area is 348 Å². The van der Waals surface area contributed by atoms with Crippen LogP contribution in [0.5, 0.6) is 23.0 Å². The van der Waals surface area contributed by atoms with E-state index in [1.54, 1.807) is 14.2 Å². The summed E-state index contributed by atoms with van der Waals surface area (Å²) in [5.74, 6) is -0.846. The molecule has 5 rings (SSSR count). The summed E-state index contributed by atoms with van der Waals surface area (Å²) < 4.78 is 50.2. The highest BCUT2D eigenvalue weighted by atomic mass is 16.6. The number of benzene rings is 4. The molecule has 2 unspecified atom stereocenters. The lowest BCUT2D eigenvalue weighted by atomic mass is 10.1. The van der Waals surface area contributed by atoms with Crippen molar-refractivity contribution in [3.8, 4) is 23.0 Å². The third kappa shape index (κ3) is 16.6. The summed E-state index contributed by atoms with van der Waals surface area (Å²) in [6, 6.07) is 23.5. The molecule has 0 radical (unpaired) electrons. The number of epoxide rings is 1. The van der Waals surface area contributed by atoms with Crippen molar-refractivity contribution >= 4 is 23.9 Å². The van der Waals surface area contributed by atoms with Crippen LogP contribution >= 0.6 is 0 Å². The van der Waals surface area contributed by atoms with Crippen LogP contribution in [0, 0.1) is 0 Å². The number of hydrogen-bond acceptors (Lipinski definition) is 16. The first-order valence-electron chi connectivity index (χ1n) is 18.6. The fourth-order valence-electron chi connectivity index (χ4n) is 5.05. The van der Waals surface area contributed by atoms with Crippen molar-refractivity contribution in [2.75, 3.05) is 69.1 Å². The van der Waals surface area contributed by atoms with Crippen LogP contribution in [0.25, 0.3) is 0 Å². The highest BCUT2D eigenvalue weighted by molar-refractivity contribution is 6.04. The van der Waals surface area contributed by atoms with Crippen LogP contribution in [0.4, 0.5) is 0 Å². The van der Waals surface area contributed by atoms with E-state index in [1.165, 1.54) is 64.3 Å². The summed E-state index contributed by atoms with van der Waals surface area (Å²) in [6.45, 7) is 3.13. The van der Waals surface area contributed by atoms with E-state index >= 15 is 0 Å². The van der Waals surface area contributed by atoms with E-state index in [4.69, 9.17) is 33.2 Å². The molecule has 1 heterocycles. The third-order valence-corrected chi connectivity index (χ3v) is 8.50. The number of ether oxygens (including phenoxy) is 10. The van der Waals surface area contributed by atoms with E-state index in [-0.39, 0.29) is 34.6 Å². The van der Waals surface area contributed by atoms with Gasteiger partial charge < -0.3 is 57.6 Å². The molecule has 0 spiro atoms. The molecule has 4 aromatic carbocycles. The van der Waals surface area contributed by atoms with Gasteiger partial charge in [0.1, 0.15) is 29.6 Å². The van der Waals surface area contributed by atoms with Crippen molar-refractivity contribution in [3.05, 3.63) is 118 Å². The van der Waals surface area contributed by atoms with Gasteiger partial charge in [0.2, 0.25) is 0 Å². The molecule has 0 aliphatic carbocycles. The van der Waals surface area contributed by atoms with E-state index in [0.717, 1.165) is 42.8 Å². The standard InChI is InChI=1S/C22H26O8.C12H16O3.C10H10O5/c1-26-17-6-4-15(5-7-17)13-29-11-10-16(23)14-30-18-8-9-19(21(24)27-2)20(12-18)22(25)28-3;1-13-11-4-2-10(3-5-11)8-14-7-6-12-9-15-12;1-14-9(12)7-4-3-6(11)5-8(7)10(13)15-2/h4-9,12,16,23H,10-11,13-14H2,1-3H3;2-5,12H,6-9H2,1H3;3-5,11H,1-2H3. The first-order valence-corrected chi connectivity index (χ1v) is 18.6. The summed E-state index contributed by atoms with van der Waals surface area (Å²) in [6.07, 6.45) is 1.08. The molecule has 1 aliphatic heterocycles. The SMILES string of the molecule is COC(=O)c1ccc(O)cc1C(=O)OC.COC(=O)c1ccc(OCC(O)CCOCc2ccc(OC)cc2)cc1C(=O)OC.COc1ccc(COCCC2CO2)cc1. The molecule has 1 fully saturated rings. The van der Waals surface area contributed by atoms with Crippen molar-refractivity contribution in [2.45, 2.75) is 38.3 Å². The van der Waals surface area contributed by atoms with Crippen LogP contribution < -0.4 is 14.2 Å². The maximum absolute atomic E-state index is 11.9. The number of rotatable bonds is 19. The number of aliphatic hydroxyl groups is 1. The molecule has 0 aromatic heterocycles. The highest BCUT2D eigenvalue weighted by Crippen LogP contribution is 2.21. The number of hydrogen-bond donors (Lipinski definition) is 2. The number of carbonyl (C=O) groups excluding carboxylic acids is 4. The van der Waals surface area contributed by atoms with Crippen molar-refractivity contribution in [1.29, 1.82) is 0 Å². The number of methoxy groups -OCH3 is 6. The molecule has 0 bridgehead atoms. The Morgan fingerprint density at radius 1 is 0.600 bits per heavy atom. The quantitative estimate of drug-likeness (QED) is 0.0512. The van der Waals surface area contributed by atoms with Gasteiger partial charge in [-0.05, 0) is 78.2 Å². The van der Waals surface area contributed by atoms with Crippen LogP contribution in [0.15, 0.2) is 84.9 Å². The smallest absolute Gasteiger partial charge is 0.338 e. The van der Waals surface area contributed by atoms with Gasteiger partial charge in [-0.3, -0.25) is 0 Å². The van der Waals surface area contributed by atoms with Crippen LogP contribution in [-0.4, -0.2) is 115 Å². The average Bonchev–Trinajstić information content (AvgIpc) is 4.13. The van der Waals surface area contributed by atoms with Crippen molar-refractivity contribution in [2.24, 2.45) is 0 Å². The number of aromatic hydroxyl groups is 1. The van der Waals surface area contributed by atoms with E-state index in [9.17, 15) is 29.4 Å². The number of aliphatic hydroxyl groups excluding tert-OH is 1. The van der Waals surface area contributed by atoms with Gasteiger partial charge in [-0.2, -0.15) is 0 Å². The topological polar surface area (TPSA) is 204 Å². The highest BCUT2D eigenvalue weighted by Gasteiger charge is 2.22. The summed E-state index contributed by atoms with van der Waals surface area (Å²) >= 11 is 0. The third-order valence-electron chi connectivity index (χ3n) is 8.50. The molecule has 1 saturated heterocycles. The Kier molecular flexibility index (Phi) is 20.9. The van der Waals surface area contributed by atoms with Gasteiger partial charge in [-0.1, -0.05) is 24.3 Å². The van der Waals surface area contributed by atoms with E-state index in [0.29, 0.717) is 38.1 Å². The molecule has 324 valence electrons. The lowest BCUT2D eigenvalue weighted by Crippen LogP contribution is -2.20. The Morgan fingerprint density at radius 2 is 1.03 bits per heavy atom. The summed E-state index contributed by atoms with van der Waals surface area (Å²) in [5, 5.41) is 19.3. The molecule has 4 aromatic rings. The maximum Gasteiger partial charge on any atom is 0.338 e. The van der Waals surface area contributed by atoms with Crippen molar-refractivity contribution < 1.29 is 76.8 Å². The average molecular weight is 837 g/mol. The lowest BCUT2D eigenvalue weighted by Gasteiger charge is -2.14. The Bertz CT molecular complexity index is 1940. The minimum Gasteiger partial charge on any atom is -0.508 e. The number of phenolic OH excluding ortho intramolecular Hbond substituents is 1. The fraction of sp³-hybridized carbons (Fsp3) is 0.364. The van der Waals surface area contributed by atoms with Crippen molar-refractivity contribution in [1.82, 2.24) is 0 Å². The van der Waals surface area contributed by atoms with E-state index in [2.05, 4.69) is 14.2 Å². The fourth-order valence-corrected chi connectivity index (χ4v) is 5.05. The molecule has 0 amide bonds. The van der Waals surface area contributed by atoms with Gasteiger partial charge in [0.25, 0.3) is 0 Å². The van der Waals surface area contributed by atoms with Crippen LogP contribution in [-0.2, 0) is 46.4 Å². The Hall–Kier alpha value is -6.20. The molecule has 16 heteroatoms. The summed E-state index contributed by atoms with van der Waals surface area (Å²) in [7, 11) is 8.11. The largest absolute Gasteiger partial charge is 0.508 e. The number of esters is 4. The zero-order chi connectivity index (χ0) is 43.9. The summed E-state index contributed by atoms with van der Waals surface area (Å²) in [4.78, 5) is 46.2. The minimum absolute atomic E-state index is 0.00405. The van der Waals surface area contributed by atoms with Crippen molar-refractivity contribution in [3.63, 3.8) is 0 Å². The van der Waals surface area contributed by atoms with Gasteiger partial charge >= 0.3 is 23.9 Å². The predicted octanol–water partition coefficient (Wildman–Crippen LogP) is 5.58. The molecule has 60 heavy (non-hydrogen) atoms. The van der Waals surface area contributed by atoms with E-state index < -0.39 is 30.0 Å². The van der Waals surface area contributed by atoms with Gasteiger partial charge in [0.05, 0.1) is 96.9 Å². The number of phenols is 1.